The maximum atomic E-state index is 8.80. The highest BCUT2D eigenvalue weighted by molar-refractivity contribution is 6.40. The number of hydrogen-bond acceptors (Lipinski definition) is 2. The Morgan fingerprint density at radius 3 is 2.50 bits per heavy atom. The molecule has 0 saturated carbocycles. The highest BCUT2D eigenvalue weighted by Gasteiger charge is 2.06. The molecule has 0 unspecified atom stereocenters. The van der Waals surface area contributed by atoms with Crippen molar-refractivity contribution >= 4 is 17.9 Å². The molecule has 0 spiro atoms. The minimum Gasteiger partial charge on any atom is -0.427 e. The largest absolute Gasteiger partial charge is 0.451 e. The second-order valence-corrected chi connectivity index (χ2v) is 4.01. The topological polar surface area (TPSA) is 40.5 Å². The van der Waals surface area contributed by atoms with E-state index in [4.69, 9.17) is 10.0 Å². The second kappa shape index (κ2) is 5.15. The van der Waals surface area contributed by atoms with E-state index in [2.05, 4.69) is 24.3 Å². The summed E-state index contributed by atoms with van der Waals surface area (Å²) < 4.78 is 0. The van der Waals surface area contributed by atoms with Gasteiger partial charge in [-0.05, 0) is 29.1 Å². The van der Waals surface area contributed by atoms with Gasteiger partial charge in [-0.3, -0.25) is 0 Å². The van der Waals surface area contributed by atoms with Gasteiger partial charge >= 0.3 is 7.12 Å². The van der Waals surface area contributed by atoms with E-state index in [1.54, 1.807) is 0 Å². The molecule has 0 aliphatic rings. The van der Waals surface area contributed by atoms with E-state index in [1.807, 2.05) is 18.2 Å². The number of hydrogen-bond donors (Lipinski definition) is 2. The van der Waals surface area contributed by atoms with Gasteiger partial charge in [0.25, 0.3) is 0 Å². The van der Waals surface area contributed by atoms with Crippen molar-refractivity contribution in [2.45, 2.75) is 19.2 Å². The number of rotatable bonds is 4. The van der Waals surface area contributed by atoms with E-state index in [1.165, 1.54) is 16.3 Å². The van der Waals surface area contributed by atoms with E-state index in [-0.39, 0.29) is 0 Å². The second-order valence-electron chi connectivity index (χ2n) is 4.01. The number of aryl methyl sites for hydroxylation is 1. The summed E-state index contributed by atoms with van der Waals surface area (Å²) in [6.07, 6.45) is 2.12. The zero-order valence-corrected chi connectivity index (χ0v) is 9.13. The van der Waals surface area contributed by atoms with Crippen molar-refractivity contribution in [3.8, 4) is 0 Å². The van der Waals surface area contributed by atoms with Crippen molar-refractivity contribution in [3.05, 3.63) is 48.0 Å². The Kier molecular flexibility index (Phi) is 3.60. The molecule has 2 aromatic rings. The normalized spacial score (nSPS) is 10.6. The van der Waals surface area contributed by atoms with Crippen LogP contribution >= 0.6 is 0 Å². The van der Waals surface area contributed by atoms with Crippen molar-refractivity contribution in [1.82, 2.24) is 0 Å². The Balaban J connectivity index is 2.17. The van der Waals surface area contributed by atoms with Gasteiger partial charge in [0.15, 0.2) is 0 Å². The fourth-order valence-corrected chi connectivity index (χ4v) is 1.99. The summed E-state index contributed by atoms with van der Waals surface area (Å²) in [5.41, 5.74) is 1.28. The molecule has 0 aromatic heterocycles. The molecule has 0 atom stereocenters. The molecule has 0 bridgehead atoms. The summed E-state index contributed by atoms with van der Waals surface area (Å²) in [6, 6.07) is 14.5. The Morgan fingerprint density at radius 1 is 0.938 bits per heavy atom. The van der Waals surface area contributed by atoms with Gasteiger partial charge in [0, 0.05) is 0 Å². The summed E-state index contributed by atoms with van der Waals surface area (Å²) in [5.74, 6) is 0. The first-order valence-electron chi connectivity index (χ1n) is 5.60. The maximum Gasteiger partial charge on any atom is 0.451 e. The average Bonchev–Trinajstić information content (AvgIpc) is 2.29. The minimum absolute atomic E-state index is 0.434. The lowest BCUT2D eigenvalue weighted by molar-refractivity contribution is 0.403. The van der Waals surface area contributed by atoms with Crippen LogP contribution in [0.15, 0.2) is 42.5 Å². The molecule has 2 aromatic carbocycles. The van der Waals surface area contributed by atoms with Crippen molar-refractivity contribution in [2.75, 3.05) is 0 Å². The fraction of sp³-hybridized carbons (Fsp3) is 0.231. The lowest BCUT2D eigenvalue weighted by Gasteiger charge is -2.06. The van der Waals surface area contributed by atoms with Crippen LogP contribution in [0.1, 0.15) is 12.0 Å². The first-order chi connectivity index (χ1) is 7.77. The third kappa shape index (κ3) is 2.63. The van der Waals surface area contributed by atoms with Gasteiger partial charge in [-0.15, -0.1) is 0 Å². The predicted octanol–water partition coefficient (Wildman–Crippen LogP) is 2.25. The average molecular weight is 214 g/mol. The van der Waals surface area contributed by atoms with Crippen LogP contribution in [0.4, 0.5) is 0 Å². The standard InChI is InChI=1S/C13H15BO2/c15-14(16)10-4-8-12-7-3-6-11-5-1-2-9-13(11)12/h1-3,5-7,9,15-16H,4,8,10H2. The molecule has 0 heterocycles. The van der Waals surface area contributed by atoms with E-state index >= 15 is 0 Å². The zero-order valence-electron chi connectivity index (χ0n) is 9.13. The fourth-order valence-electron chi connectivity index (χ4n) is 1.99. The van der Waals surface area contributed by atoms with Crippen molar-refractivity contribution in [2.24, 2.45) is 0 Å². The highest BCUT2D eigenvalue weighted by atomic mass is 16.4. The van der Waals surface area contributed by atoms with Gasteiger partial charge in [-0.2, -0.15) is 0 Å². The van der Waals surface area contributed by atoms with Gasteiger partial charge in [-0.1, -0.05) is 48.9 Å². The van der Waals surface area contributed by atoms with E-state index in [0.717, 1.165) is 12.8 Å². The molecule has 2 N–H and O–H groups in total. The third-order valence-corrected chi connectivity index (χ3v) is 2.79. The van der Waals surface area contributed by atoms with E-state index in [0.29, 0.717) is 6.32 Å². The van der Waals surface area contributed by atoms with E-state index < -0.39 is 7.12 Å². The molecule has 3 heteroatoms. The first-order valence-corrected chi connectivity index (χ1v) is 5.60. The summed E-state index contributed by atoms with van der Waals surface area (Å²) in [6.45, 7) is 0. The van der Waals surface area contributed by atoms with Crippen LogP contribution in [0.5, 0.6) is 0 Å². The first kappa shape index (κ1) is 11.2. The van der Waals surface area contributed by atoms with Gasteiger partial charge < -0.3 is 10.0 Å². The van der Waals surface area contributed by atoms with Crippen LogP contribution < -0.4 is 0 Å². The van der Waals surface area contributed by atoms with Crippen molar-refractivity contribution in [3.63, 3.8) is 0 Å². The maximum absolute atomic E-state index is 8.80. The third-order valence-electron chi connectivity index (χ3n) is 2.79. The van der Waals surface area contributed by atoms with Crippen molar-refractivity contribution in [1.29, 1.82) is 0 Å². The van der Waals surface area contributed by atoms with Gasteiger partial charge in [-0.25, -0.2) is 0 Å². The predicted molar refractivity (Wildman–Crippen MR) is 67.3 cm³/mol. The Bertz CT molecular complexity index is 463. The quantitative estimate of drug-likeness (QED) is 0.766. The van der Waals surface area contributed by atoms with Gasteiger partial charge in [0.2, 0.25) is 0 Å². The lowest BCUT2D eigenvalue weighted by atomic mass is 9.83. The summed E-state index contributed by atoms with van der Waals surface area (Å²) in [4.78, 5) is 0. The van der Waals surface area contributed by atoms with Crippen LogP contribution in [0.3, 0.4) is 0 Å². The SMILES string of the molecule is OB(O)CCCc1cccc2ccccc12. The smallest absolute Gasteiger partial charge is 0.427 e. The molecular weight excluding hydrogens is 199 g/mol. The zero-order chi connectivity index (χ0) is 11.4. The molecular formula is C13H15BO2. The number of fused-ring (bicyclic) bond motifs is 1. The Morgan fingerprint density at radius 2 is 1.69 bits per heavy atom. The molecule has 82 valence electrons. The van der Waals surface area contributed by atoms with E-state index in [9.17, 15) is 0 Å². The van der Waals surface area contributed by atoms with Crippen LogP contribution in [0.25, 0.3) is 10.8 Å². The van der Waals surface area contributed by atoms with Crippen LogP contribution in [-0.2, 0) is 6.42 Å². The molecule has 0 aliphatic heterocycles. The molecule has 2 rings (SSSR count). The molecule has 0 radical (unpaired) electrons. The molecule has 0 amide bonds. The Labute approximate surface area is 95.7 Å². The molecule has 16 heavy (non-hydrogen) atoms. The number of benzene rings is 2. The molecule has 0 fully saturated rings. The monoisotopic (exact) mass is 214 g/mol. The molecule has 0 aliphatic carbocycles. The van der Waals surface area contributed by atoms with Gasteiger partial charge in [0.1, 0.15) is 0 Å². The molecule has 0 saturated heterocycles. The van der Waals surface area contributed by atoms with Gasteiger partial charge in [0.05, 0.1) is 0 Å². The minimum atomic E-state index is -1.19. The van der Waals surface area contributed by atoms with Crippen LogP contribution in [0, 0.1) is 0 Å². The summed E-state index contributed by atoms with van der Waals surface area (Å²) in [7, 11) is -1.19. The lowest BCUT2D eigenvalue weighted by Crippen LogP contribution is -2.09. The highest BCUT2D eigenvalue weighted by Crippen LogP contribution is 2.20. The van der Waals surface area contributed by atoms with Crippen LogP contribution in [-0.4, -0.2) is 17.2 Å². The van der Waals surface area contributed by atoms with Crippen molar-refractivity contribution < 1.29 is 10.0 Å². The van der Waals surface area contributed by atoms with Crippen LogP contribution in [0.2, 0.25) is 6.32 Å². The summed E-state index contributed by atoms with van der Waals surface area (Å²) >= 11 is 0. The molecule has 2 nitrogen and oxygen atoms in total. The summed E-state index contributed by atoms with van der Waals surface area (Å²) in [5, 5.41) is 20.1. The Hall–Kier alpha value is -1.32.